The number of hydrogen-bond donors (Lipinski definition) is 1. The van der Waals surface area contributed by atoms with Gasteiger partial charge in [0.2, 0.25) is 0 Å². The van der Waals surface area contributed by atoms with E-state index in [-0.39, 0.29) is 0 Å². The molecule has 2 heteroatoms. The van der Waals surface area contributed by atoms with Crippen LogP contribution in [-0.2, 0) is 6.54 Å². The highest BCUT2D eigenvalue weighted by molar-refractivity contribution is 7.99. The zero-order chi connectivity index (χ0) is 10.2. The predicted molar refractivity (Wildman–Crippen MR) is 64.6 cm³/mol. The molecular formula is C12H19NS. The number of unbranched alkanes of at least 4 members (excludes halogenated alkanes) is 2. The summed E-state index contributed by atoms with van der Waals surface area (Å²) >= 11 is 1.93. The van der Waals surface area contributed by atoms with Gasteiger partial charge in [-0.15, -0.1) is 11.8 Å². The van der Waals surface area contributed by atoms with Gasteiger partial charge in [-0.05, 0) is 23.8 Å². The third-order valence-electron chi connectivity index (χ3n) is 2.20. The minimum atomic E-state index is 0.650. The largest absolute Gasteiger partial charge is 0.326 e. The lowest BCUT2D eigenvalue weighted by molar-refractivity contribution is 0.778. The second-order valence-electron chi connectivity index (χ2n) is 3.37. The normalized spacial score (nSPS) is 10.4. The molecule has 1 aromatic carbocycles. The fourth-order valence-electron chi connectivity index (χ4n) is 1.35. The van der Waals surface area contributed by atoms with Gasteiger partial charge in [-0.3, -0.25) is 0 Å². The van der Waals surface area contributed by atoms with Crippen LogP contribution in [0.15, 0.2) is 29.2 Å². The summed E-state index contributed by atoms with van der Waals surface area (Å²) < 4.78 is 0. The van der Waals surface area contributed by atoms with Crippen LogP contribution < -0.4 is 5.73 Å². The molecule has 2 N–H and O–H groups in total. The molecule has 0 radical (unpaired) electrons. The van der Waals surface area contributed by atoms with Crippen LogP contribution >= 0.6 is 11.8 Å². The van der Waals surface area contributed by atoms with E-state index in [0.717, 1.165) is 0 Å². The maximum atomic E-state index is 5.67. The lowest BCUT2D eigenvalue weighted by atomic mass is 10.2. The molecular weight excluding hydrogens is 190 g/mol. The predicted octanol–water partition coefficient (Wildman–Crippen LogP) is 3.43. The first kappa shape index (κ1) is 11.6. The van der Waals surface area contributed by atoms with Crippen LogP contribution in [0.4, 0.5) is 0 Å². The highest BCUT2D eigenvalue weighted by atomic mass is 32.2. The molecule has 0 fully saturated rings. The maximum absolute atomic E-state index is 5.67. The van der Waals surface area contributed by atoms with Gasteiger partial charge in [0, 0.05) is 11.4 Å². The molecule has 0 atom stereocenters. The first-order chi connectivity index (χ1) is 6.88. The molecule has 78 valence electrons. The lowest BCUT2D eigenvalue weighted by Gasteiger charge is -2.06. The average Bonchev–Trinajstić information content (AvgIpc) is 2.25. The lowest BCUT2D eigenvalue weighted by Crippen LogP contribution is -1.98. The smallest absolute Gasteiger partial charge is 0.0189 e. The van der Waals surface area contributed by atoms with Gasteiger partial charge in [0.25, 0.3) is 0 Å². The average molecular weight is 209 g/mol. The molecule has 0 unspecified atom stereocenters. The molecule has 1 rings (SSSR count). The van der Waals surface area contributed by atoms with Crippen LogP contribution in [0.3, 0.4) is 0 Å². The van der Waals surface area contributed by atoms with Gasteiger partial charge >= 0.3 is 0 Å². The van der Waals surface area contributed by atoms with Crippen molar-refractivity contribution >= 4 is 11.8 Å². The fraction of sp³-hybridized carbons (Fsp3) is 0.500. The van der Waals surface area contributed by atoms with E-state index >= 15 is 0 Å². The summed E-state index contributed by atoms with van der Waals surface area (Å²) in [6.07, 6.45) is 3.93. The van der Waals surface area contributed by atoms with Crippen molar-refractivity contribution in [3.8, 4) is 0 Å². The van der Waals surface area contributed by atoms with Crippen LogP contribution in [0.2, 0.25) is 0 Å². The van der Waals surface area contributed by atoms with Crippen molar-refractivity contribution in [2.24, 2.45) is 5.73 Å². The van der Waals surface area contributed by atoms with E-state index in [0.29, 0.717) is 6.54 Å². The number of nitrogens with two attached hydrogens (primary N) is 1. The van der Waals surface area contributed by atoms with Gasteiger partial charge in [0.05, 0.1) is 0 Å². The first-order valence-electron chi connectivity index (χ1n) is 5.29. The van der Waals surface area contributed by atoms with E-state index in [1.54, 1.807) is 0 Å². The molecule has 0 spiro atoms. The Morgan fingerprint density at radius 3 is 2.71 bits per heavy atom. The molecule has 0 bridgehead atoms. The van der Waals surface area contributed by atoms with Crippen molar-refractivity contribution in [2.45, 2.75) is 37.6 Å². The van der Waals surface area contributed by atoms with Gasteiger partial charge in [-0.2, -0.15) is 0 Å². The van der Waals surface area contributed by atoms with Crippen LogP contribution in [-0.4, -0.2) is 5.75 Å². The third-order valence-corrected chi connectivity index (χ3v) is 3.40. The Labute approximate surface area is 91.1 Å². The zero-order valence-corrected chi connectivity index (χ0v) is 9.65. The minimum absolute atomic E-state index is 0.650. The van der Waals surface area contributed by atoms with E-state index < -0.39 is 0 Å². The van der Waals surface area contributed by atoms with Crippen LogP contribution in [0.1, 0.15) is 31.7 Å². The Morgan fingerprint density at radius 2 is 2.00 bits per heavy atom. The van der Waals surface area contributed by atoms with Gasteiger partial charge in [-0.25, -0.2) is 0 Å². The summed E-state index contributed by atoms with van der Waals surface area (Å²) in [5.74, 6) is 1.21. The van der Waals surface area contributed by atoms with Crippen molar-refractivity contribution in [3.63, 3.8) is 0 Å². The van der Waals surface area contributed by atoms with Gasteiger partial charge in [-0.1, -0.05) is 38.0 Å². The van der Waals surface area contributed by atoms with E-state index in [1.165, 1.54) is 35.5 Å². The molecule has 0 aliphatic heterocycles. The molecule has 0 aromatic heterocycles. The highest BCUT2D eigenvalue weighted by Crippen LogP contribution is 2.23. The number of thioether (sulfide) groups is 1. The quantitative estimate of drug-likeness (QED) is 0.574. The Hall–Kier alpha value is -0.470. The second-order valence-corrected chi connectivity index (χ2v) is 4.50. The maximum Gasteiger partial charge on any atom is 0.0189 e. The number of benzene rings is 1. The molecule has 0 heterocycles. The van der Waals surface area contributed by atoms with Gasteiger partial charge in [0.15, 0.2) is 0 Å². The summed E-state index contributed by atoms with van der Waals surface area (Å²) in [5.41, 5.74) is 6.94. The Balaban J connectivity index is 2.41. The molecule has 0 aliphatic rings. The standard InChI is InChI=1S/C12H19NS/c1-2-3-6-9-14-12-8-5-4-7-11(12)10-13/h4-5,7-8H,2-3,6,9-10,13H2,1H3. The van der Waals surface area contributed by atoms with E-state index in [2.05, 4.69) is 31.2 Å². The third kappa shape index (κ3) is 3.72. The molecule has 0 amide bonds. The topological polar surface area (TPSA) is 26.0 Å². The summed E-state index contributed by atoms with van der Waals surface area (Å²) in [5, 5.41) is 0. The Morgan fingerprint density at radius 1 is 1.21 bits per heavy atom. The molecule has 0 saturated heterocycles. The van der Waals surface area contributed by atoms with E-state index in [1.807, 2.05) is 11.8 Å². The van der Waals surface area contributed by atoms with Crippen molar-refractivity contribution < 1.29 is 0 Å². The molecule has 1 aromatic rings. The van der Waals surface area contributed by atoms with Crippen LogP contribution in [0, 0.1) is 0 Å². The minimum Gasteiger partial charge on any atom is -0.326 e. The first-order valence-corrected chi connectivity index (χ1v) is 6.27. The molecule has 0 aliphatic carbocycles. The van der Waals surface area contributed by atoms with Gasteiger partial charge in [0.1, 0.15) is 0 Å². The molecule has 0 saturated carbocycles. The Bertz CT molecular complexity index is 260. The van der Waals surface area contributed by atoms with Gasteiger partial charge < -0.3 is 5.73 Å². The fourth-order valence-corrected chi connectivity index (χ4v) is 2.43. The molecule has 1 nitrogen and oxygen atoms in total. The van der Waals surface area contributed by atoms with Crippen LogP contribution in [0.5, 0.6) is 0 Å². The second kappa shape index (κ2) is 6.91. The molecule has 14 heavy (non-hydrogen) atoms. The number of hydrogen-bond acceptors (Lipinski definition) is 2. The summed E-state index contributed by atoms with van der Waals surface area (Å²) in [6.45, 7) is 2.88. The van der Waals surface area contributed by atoms with E-state index in [4.69, 9.17) is 5.73 Å². The summed E-state index contributed by atoms with van der Waals surface area (Å²) in [6, 6.07) is 8.42. The van der Waals surface area contributed by atoms with Crippen molar-refractivity contribution in [2.75, 3.05) is 5.75 Å². The van der Waals surface area contributed by atoms with Crippen LogP contribution in [0.25, 0.3) is 0 Å². The van der Waals surface area contributed by atoms with E-state index in [9.17, 15) is 0 Å². The SMILES string of the molecule is CCCCCSc1ccccc1CN. The van der Waals surface area contributed by atoms with Crippen molar-refractivity contribution in [1.29, 1.82) is 0 Å². The summed E-state index contributed by atoms with van der Waals surface area (Å²) in [7, 11) is 0. The highest BCUT2D eigenvalue weighted by Gasteiger charge is 1.99. The number of rotatable bonds is 6. The summed E-state index contributed by atoms with van der Waals surface area (Å²) in [4.78, 5) is 1.35. The Kier molecular flexibility index (Phi) is 5.72. The zero-order valence-electron chi connectivity index (χ0n) is 8.83. The van der Waals surface area contributed by atoms with Crippen molar-refractivity contribution in [3.05, 3.63) is 29.8 Å². The monoisotopic (exact) mass is 209 g/mol. The van der Waals surface area contributed by atoms with Crippen molar-refractivity contribution in [1.82, 2.24) is 0 Å².